The van der Waals surface area contributed by atoms with Crippen molar-refractivity contribution in [1.29, 1.82) is 0 Å². The second-order valence-corrected chi connectivity index (χ2v) is 5.24. The molecule has 13 heavy (non-hydrogen) atoms. The molecule has 2 aliphatic heterocycles. The van der Waals surface area contributed by atoms with Crippen molar-refractivity contribution in [3.05, 3.63) is 0 Å². The van der Waals surface area contributed by atoms with Crippen LogP contribution in [-0.4, -0.2) is 48.6 Å². The summed E-state index contributed by atoms with van der Waals surface area (Å²) in [5.41, 5.74) is 0. The van der Waals surface area contributed by atoms with Gasteiger partial charge in [0.05, 0.1) is 0 Å². The van der Waals surface area contributed by atoms with Crippen LogP contribution in [0.4, 0.5) is 0 Å². The van der Waals surface area contributed by atoms with Crippen molar-refractivity contribution < 1.29 is 0 Å². The van der Waals surface area contributed by atoms with Gasteiger partial charge in [0.25, 0.3) is 0 Å². The van der Waals surface area contributed by atoms with Gasteiger partial charge in [-0.05, 0) is 25.9 Å². The summed E-state index contributed by atoms with van der Waals surface area (Å²) in [6.45, 7) is 5.17. The number of thioether (sulfide) groups is 1. The monoisotopic (exact) mass is 200 g/mol. The van der Waals surface area contributed by atoms with E-state index in [0.717, 1.165) is 6.04 Å². The van der Waals surface area contributed by atoms with E-state index in [2.05, 4.69) is 22.0 Å². The Morgan fingerprint density at radius 3 is 2.77 bits per heavy atom. The van der Waals surface area contributed by atoms with Crippen LogP contribution in [0, 0.1) is 0 Å². The second-order valence-electron chi connectivity index (χ2n) is 4.09. The molecule has 2 nitrogen and oxygen atoms in total. The average Bonchev–Trinajstić information content (AvgIpc) is 2.21. The van der Waals surface area contributed by atoms with Crippen LogP contribution in [0.15, 0.2) is 0 Å². The molecule has 0 spiro atoms. The minimum atomic E-state index is 0.761. The van der Waals surface area contributed by atoms with Gasteiger partial charge in [-0.25, -0.2) is 0 Å². The van der Waals surface area contributed by atoms with Gasteiger partial charge < -0.3 is 10.2 Å². The van der Waals surface area contributed by atoms with E-state index < -0.39 is 0 Å². The summed E-state index contributed by atoms with van der Waals surface area (Å²) in [4.78, 5) is 2.63. The lowest BCUT2D eigenvalue weighted by molar-refractivity contribution is 0.210. The summed E-state index contributed by atoms with van der Waals surface area (Å²) in [6.07, 6.45) is 4.28. The van der Waals surface area contributed by atoms with Gasteiger partial charge in [0.2, 0.25) is 0 Å². The molecule has 2 saturated heterocycles. The second kappa shape index (κ2) is 5.23. The summed E-state index contributed by atoms with van der Waals surface area (Å²) in [5, 5.41) is 3.60. The fraction of sp³-hybridized carbons (Fsp3) is 1.00. The summed E-state index contributed by atoms with van der Waals surface area (Å²) < 4.78 is 0. The van der Waals surface area contributed by atoms with Crippen molar-refractivity contribution in [3.8, 4) is 0 Å². The highest BCUT2D eigenvalue weighted by molar-refractivity contribution is 7.99. The van der Waals surface area contributed by atoms with Gasteiger partial charge >= 0.3 is 0 Å². The van der Waals surface area contributed by atoms with Crippen molar-refractivity contribution >= 4 is 11.8 Å². The number of nitrogens with zero attached hydrogens (tertiary/aromatic N) is 1. The van der Waals surface area contributed by atoms with Crippen LogP contribution in [0.5, 0.6) is 0 Å². The zero-order valence-electron chi connectivity index (χ0n) is 8.30. The Hall–Kier alpha value is 0.270. The Balaban J connectivity index is 1.69. The molecule has 0 radical (unpaired) electrons. The van der Waals surface area contributed by atoms with E-state index in [0.29, 0.717) is 0 Å². The topological polar surface area (TPSA) is 15.3 Å². The molecule has 2 rings (SSSR count). The number of hydrogen-bond donors (Lipinski definition) is 1. The Morgan fingerprint density at radius 1 is 1.23 bits per heavy atom. The van der Waals surface area contributed by atoms with E-state index in [-0.39, 0.29) is 0 Å². The van der Waals surface area contributed by atoms with Crippen LogP contribution < -0.4 is 5.32 Å². The molecule has 0 amide bonds. The molecule has 2 aliphatic rings. The van der Waals surface area contributed by atoms with Gasteiger partial charge in [0.1, 0.15) is 0 Å². The zero-order chi connectivity index (χ0) is 8.93. The van der Waals surface area contributed by atoms with Crippen molar-refractivity contribution in [1.82, 2.24) is 10.2 Å². The van der Waals surface area contributed by atoms with Crippen LogP contribution in [0.3, 0.4) is 0 Å². The first-order valence-electron chi connectivity index (χ1n) is 5.48. The van der Waals surface area contributed by atoms with Crippen LogP contribution in [0.2, 0.25) is 0 Å². The fourth-order valence-electron chi connectivity index (χ4n) is 2.19. The molecule has 2 heterocycles. The molecule has 3 heteroatoms. The molecular formula is C10H20N2S. The Bertz CT molecular complexity index is 124. The Labute approximate surface area is 85.4 Å². The highest BCUT2D eigenvalue weighted by Crippen LogP contribution is 2.12. The first-order valence-corrected chi connectivity index (χ1v) is 6.64. The minimum Gasteiger partial charge on any atom is -0.311 e. The van der Waals surface area contributed by atoms with Crippen LogP contribution >= 0.6 is 11.8 Å². The van der Waals surface area contributed by atoms with E-state index in [4.69, 9.17) is 0 Å². The molecule has 0 saturated carbocycles. The zero-order valence-corrected chi connectivity index (χ0v) is 9.11. The summed E-state index contributed by atoms with van der Waals surface area (Å²) in [6, 6.07) is 0.761. The maximum atomic E-state index is 3.60. The Morgan fingerprint density at radius 2 is 2.08 bits per heavy atom. The molecule has 2 fully saturated rings. The van der Waals surface area contributed by atoms with Crippen molar-refractivity contribution in [2.45, 2.75) is 25.3 Å². The number of piperidine rings is 1. The first-order chi connectivity index (χ1) is 6.45. The number of hydrogen-bond acceptors (Lipinski definition) is 3. The van der Waals surface area contributed by atoms with Gasteiger partial charge in [-0.15, -0.1) is 0 Å². The van der Waals surface area contributed by atoms with Crippen molar-refractivity contribution in [3.63, 3.8) is 0 Å². The summed E-state index contributed by atoms with van der Waals surface area (Å²) in [5.74, 6) is 2.62. The molecule has 1 unspecified atom stereocenters. The lowest BCUT2D eigenvalue weighted by Gasteiger charge is -2.32. The molecule has 0 bridgehead atoms. The molecule has 0 aromatic heterocycles. The highest BCUT2D eigenvalue weighted by Gasteiger charge is 2.17. The van der Waals surface area contributed by atoms with E-state index in [1.165, 1.54) is 56.9 Å². The largest absolute Gasteiger partial charge is 0.311 e. The molecule has 1 N–H and O–H groups in total. The van der Waals surface area contributed by atoms with Crippen LogP contribution in [0.25, 0.3) is 0 Å². The quantitative estimate of drug-likeness (QED) is 0.720. The molecule has 0 aromatic rings. The lowest BCUT2D eigenvalue weighted by atomic mass is 10.1. The predicted octanol–water partition coefficient (Wildman–Crippen LogP) is 1.18. The average molecular weight is 200 g/mol. The van der Waals surface area contributed by atoms with Crippen LogP contribution in [-0.2, 0) is 0 Å². The maximum Gasteiger partial charge on any atom is 0.0285 e. The van der Waals surface area contributed by atoms with E-state index in [9.17, 15) is 0 Å². The van der Waals surface area contributed by atoms with Crippen molar-refractivity contribution in [2.75, 3.05) is 37.7 Å². The van der Waals surface area contributed by atoms with Gasteiger partial charge in [0, 0.05) is 30.6 Å². The standard InChI is InChI=1S/C10H20N2S/c1-2-5-12(6-3-1)8-10-9-13-7-4-11-10/h10-11H,1-9H2. The molecule has 76 valence electrons. The van der Waals surface area contributed by atoms with Crippen LogP contribution in [0.1, 0.15) is 19.3 Å². The number of nitrogens with one attached hydrogen (secondary N) is 1. The third kappa shape index (κ3) is 3.15. The number of rotatable bonds is 2. The maximum absolute atomic E-state index is 3.60. The fourth-order valence-corrected chi connectivity index (χ4v) is 3.13. The molecule has 0 aliphatic carbocycles. The first kappa shape index (κ1) is 9.81. The highest BCUT2D eigenvalue weighted by atomic mass is 32.2. The third-order valence-electron chi connectivity index (χ3n) is 2.93. The predicted molar refractivity (Wildman–Crippen MR) is 59.4 cm³/mol. The SMILES string of the molecule is C1CCN(CC2CSCCN2)CC1. The third-order valence-corrected chi connectivity index (χ3v) is 4.06. The minimum absolute atomic E-state index is 0.761. The smallest absolute Gasteiger partial charge is 0.0285 e. The molecule has 0 aromatic carbocycles. The van der Waals surface area contributed by atoms with Gasteiger partial charge in [0.15, 0.2) is 0 Å². The van der Waals surface area contributed by atoms with Gasteiger partial charge in [-0.1, -0.05) is 6.42 Å². The van der Waals surface area contributed by atoms with Gasteiger partial charge in [-0.2, -0.15) is 11.8 Å². The lowest BCUT2D eigenvalue weighted by Crippen LogP contribution is -2.47. The summed E-state index contributed by atoms with van der Waals surface area (Å²) in [7, 11) is 0. The van der Waals surface area contributed by atoms with E-state index in [1.54, 1.807) is 0 Å². The number of likely N-dealkylation sites (tertiary alicyclic amines) is 1. The molecule has 1 atom stereocenters. The van der Waals surface area contributed by atoms with E-state index >= 15 is 0 Å². The summed E-state index contributed by atoms with van der Waals surface area (Å²) >= 11 is 2.10. The normalized spacial score (nSPS) is 31.8. The Kier molecular flexibility index (Phi) is 3.94. The van der Waals surface area contributed by atoms with Gasteiger partial charge in [-0.3, -0.25) is 0 Å². The van der Waals surface area contributed by atoms with Crippen molar-refractivity contribution in [2.24, 2.45) is 0 Å². The molecular weight excluding hydrogens is 180 g/mol. The van der Waals surface area contributed by atoms with E-state index in [1.807, 2.05) is 0 Å².